The molecule has 3 heteroatoms. The largest absolute Gasteiger partial charge is 0.464 e. The minimum Gasteiger partial charge on any atom is -0.464 e. The molecule has 0 radical (unpaired) electrons. The van der Waals surface area contributed by atoms with Gasteiger partial charge in [0.1, 0.15) is 5.70 Å². The predicted octanol–water partition coefficient (Wildman–Crippen LogP) is 2.19. The molecule has 0 aromatic rings. The molecule has 0 amide bonds. The Morgan fingerprint density at radius 2 is 1.86 bits per heavy atom. The summed E-state index contributed by atoms with van der Waals surface area (Å²) in [6.07, 6.45) is 3.92. The zero-order valence-corrected chi connectivity index (χ0v) is 9.67. The number of likely N-dealkylation sites (N-methyl/N-ethyl adjacent to an activating group) is 1. The van der Waals surface area contributed by atoms with Crippen LogP contribution in [0, 0.1) is 0 Å². The molecule has 0 saturated heterocycles. The van der Waals surface area contributed by atoms with Crippen LogP contribution in [0.15, 0.2) is 11.8 Å². The summed E-state index contributed by atoms with van der Waals surface area (Å²) in [4.78, 5) is 13.5. The molecule has 0 unspecified atom stereocenters. The molecule has 0 atom stereocenters. The molecule has 0 saturated carbocycles. The van der Waals surface area contributed by atoms with Crippen LogP contribution in [-0.4, -0.2) is 31.1 Å². The van der Waals surface area contributed by atoms with Crippen molar-refractivity contribution >= 4 is 5.97 Å². The van der Waals surface area contributed by atoms with Crippen LogP contribution in [0.5, 0.6) is 0 Å². The van der Waals surface area contributed by atoms with Gasteiger partial charge in [-0.3, -0.25) is 0 Å². The molecular weight excluding hydrogens is 178 g/mol. The van der Waals surface area contributed by atoms with Crippen molar-refractivity contribution in [1.82, 2.24) is 4.90 Å². The van der Waals surface area contributed by atoms with Crippen LogP contribution in [-0.2, 0) is 9.53 Å². The molecule has 3 nitrogen and oxygen atoms in total. The van der Waals surface area contributed by atoms with Crippen LogP contribution in [0.2, 0.25) is 0 Å². The maximum Gasteiger partial charge on any atom is 0.353 e. The zero-order chi connectivity index (χ0) is 11.0. The Labute approximate surface area is 86.7 Å². The second-order valence-corrected chi connectivity index (χ2v) is 3.04. The fourth-order valence-corrected chi connectivity index (χ4v) is 1.29. The van der Waals surface area contributed by atoms with Gasteiger partial charge in [0.2, 0.25) is 0 Å². The fourth-order valence-electron chi connectivity index (χ4n) is 1.29. The first-order chi connectivity index (χ1) is 6.71. The zero-order valence-electron chi connectivity index (χ0n) is 9.67. The highest BCUT2D eigenvalue weighted by Crippen LogP contribution is 2.08. The molecule has 0 aromatic heterocycles. The summed E-state index contributed by atoms with van der Waals surface area (Å²) < 4.78 is 4.75. The second kappa shape index (κ2) is 7.42. The highest BCUT2D eigenvalue weighted by atomic mass is 16.5. The van der Waals surface area contributed by atoms with Gasteiger partial charge >= 0.3 is 5.97 Å². The summed E-state index contributed by atoms with van der Waals surface area (Å²) in [5, 5.41) is 0. The number of hydrogen-bond donors (Lipinski definition) is 0. The van der Waals surface area contributed by atoms with Gasteiger partial charge in [-0.25, -0.2) is 4.79 Å². The molecule has 0 aliphatic carbocycles. The van der Waals surface area contributed by atoms with Crippen LogP contribution < -0.4 is 0 Å². The number of ether oxygens (including phenoxy) is 1. The smallest absolute Gasteiger partial charge is 0.353 e. The molecular formula is C11H21NO2. The van der Waals surface area contributed by atoms with Crippen LogP contribution in [0.3, 0.4) is 0 Å². The van der Waals surface area contributed by atoms with E-state index in [2.05, 4.69) is 6.92 Å². The van der Waals surface area contributed by atoms with Crippen molar-refractivity contribution in [2.45, 2.75) is 33.6 Å². The van der Waals surface area contributed by atoms with E-state index in [4.69, 9.17) is 4.74 Å². The van der Waals surface area contributed by atoms with E-state index in [9.17, 15) is 4.79 Å². The van der Waals surface area contributed by atoms with Crippen molar-refractivity contribution in [1.29, 1.82) is 0 Å². The van der Waals surface area contributed by atoms with E-state index in [1.54, 1.807) is 0 Å². The van der Waals surface area contributed by atoms with Crippen molar-refractivity contribution in [3.8, 4) is 0 Å². The van der Waals surface area contributed by atoms with Crippen LogP contribution in [0.4, 0.5) is 0 Å². The van der Waals surface area contributed by atoms with E-state index in [0.717, 1.165) is 25.9 Å². The van der Waals surface area contributed by atoms with Gasteiger partial charge in [-0.15, -0.1) is 0 Å². The van der Waals surface area contributed by atoms with Gasteiger partial charge < -0.3 is 9.64 Å². The van der Waals surface area contributed by atoms with Gasteiger partial charge in [0.15, 0.2) is 0 Å². The van der Waals surface area contributed by atoms with Crippen LogP contribution >= 0.6 is 0 Å². The Bertz CT molecular complexity index is 195. The summed E-state index contributed by atoms with van der Waals surface area (Å²) in [6.45, 7) is 7.83. The minimum absolute atomic E-state index is 0.234. The summed E-state index contributed by atoms with van der Waals surface area (Å²) in [7, 11) is 1.42. The maximum atomic E-state index is 11.4. The Kier molecular flexibility index (Phi) is 6.89. The highest BCUT2D eigenvalue weighted by molar-refractivity contribution is 5.87. The number of allylic oxidation sites excluding steroid dienone is 1. The van der Waals surface area contributed by atoms with Crippen LogP contribution in [0.25, 0.3) is 0 Å². The Balaban J connectivity index is 4.60. The Morgan fingerprint density at radius 1 is 1.29 bits per heavy atom. The summed E-state index contributed by atoms with van der Waals surface area (Å²) in [6, 6.07) is 0. The molecule has 0 fully saturated rings. The van der Waals surface area contributed by atoms with E-state index >= 15 is 0 Å². The van der Waals surface area contributed by atoms with Crippen molar-refractivity contribution in [3.63, 3.8) is 0 Å². The molecule has 14 heavy (non-hydrogen) atoms. The molecule has 82 valence electrons. The van der Waals surface area contributed by atoms with Gasteiger partial charge in [-0.2, -0.15) is 0 Å². The van der Waals surface area contributed by atoms with E-state index in [0.29, 0.717) is 5.70 Å². The number of esters is 1. The molecule has 0 heterocycles. The third kappa shape index (κ3) is 3.81. The molecule has 0 bridgehead atoms. The summed E-state index contributed by atoms with van der Waals surface area (Å²) in [5.74, 6) is -0.234. The minimum atomic E-state index is -0.234. The van der Waals surface area contributed by atoms with Gasteiger partial charge in [-0.1, -0.05) is 19.4 Å². The lowest BCUT2D eigenvalue weighted by Crippen LogP contribution is -2.28. The Hall–Kier alpha value is -0.990. The average molecular weight is 199 g/mol. The van der Waals surface area contributed by atoms with Crippen LogP contribution in [0.1, 0.15) is 33.6 Å². The number of nitrogens with zero attached hydrogens (tertiary/aromatic N) is 1. The molecule has 0 aliphatic rings. The van der Waals surface area contributed by atoms with Crippen molar-refractivity contribution in [2.75, 3.05) is 20.2 Å². The predicted molar refractivity (Wildman–Crippen MR) is 57.9 cm³/mol. The topological polar surface area (TPSA) is 29.5 Å². The van der Waals surface area contributed by atoms with E-state index < -0.39 is 0 Å². The number of carbonyl (C=O) groups is 1. The quantitative estimate of drug-likeness (QED) is 0.485. The van der Waals surface area contributed by atoms with E-state index in [1.807, 2.05) is 24.8 Å². The van der Waals surface area contributed by atoms with E-state index in [1.165, 1.54) is 7.11 Å². The summed E-state index contributed by atoms with van der Waals surface area (Å²) >= 11 is 0. The third-order valence-electron chi connectivity index (χ3n) is 2.13. The van der Waals surface area contributed by atoms with E-state index in [-0.39, 0.29) is 5.97 Å². The first kappa shape index (κ1) is 13.0. The molecule has 0 spiro atoms. The maximum absolute atomic E-state index is 11.4. The summed E-state index contributed by atoms with van der Waals surface area (Å²) in [5.41, 5.74) is 0.694. The number of unbranched alkanes of at least 4 members (excludes halogenated alkanes) is 1. The van der Waals surface area contributed by atoms with Gasteiger partial charge in [-0.05, 0) is 20.3 Å². The Morgan fingerprint density at radius 3 is 2.21 bits per heavy atom. The highest BCUT2D eigenvalue weighted by Gasteiger charge is 2.14. The number of methoxy groups -OCH3 is 1. The first-order valence-electron chi connectivity index (χ1n) is 5.24. The monoisotopic (exact) mass is 199 g/mol. The number of hydrogen-bond acceptors (Lipinski definition) is 3. The SMILES string of the molecule is CCCC=C(C(=O)OC)N(CC)CC. The van der Waals surface area contributed by atoms with Crippen molar-refractivity contribution < 1.29 is 9.53 Å². The number of rotatable bonds is 6. The average Bonchev–Trinajstić information content (AvgIpc) is 2.23. The molecule has 0 aliphatic heterocycles. The molecule has 0 aromatic carbocycles. The second-order valence-electron chi connectivity index (χ2n) is 3.04. The standard InChI is InChI=1S/C11H21NO2/c1-5-8-9-10(11(13)14-4)12(6-2)7-3/h9H,5-8H2,1-4H3. The van der Waals surface area contributed by atoms with Crippen molar-refractivity contribution in [2.24, 2.45) is 0 Å². The lowest BCUT2D eigenvalue weighted by molar-refractivity contribution is -0.137. The lowest BCUT2D eigenvalue weighted by atomic mass is 10.2. The first-order valence-corrected chi connectivity index (χ1v) is 5.24. The molecule has 0 N–H and O–H groups in total. The third-order valence-corrected chi connectivity index (χ3v) is 2.13. The van der Waals surface area contributed by atoms with Gasteiger partial charge in [0.05, 0.1) is 7.11 Å². The van der Waals surface area contributed by atoms with Gasteiger partial charge in [0.25, 0.3) is 0 Å². The number of carbonyl (C=O) groups excluding carboxylic acids is 1. The fraction of sp³-hybridized carbons (Fsp3) is 0.727. The lowest BCUT2D eigenvalue weighted by Gasteiger charge is -2.22. The van der Waals surface area contributed by atoms with Gasteiger partial charge in [0, 0.05) is 13.1 Å². The van der Waals surface area contributed by atoms with Crippen molar-refractivity contribution in [3.05, 3.63) is 11.8 Å². The normalized spacial score (nSPS) is 11.3. The molecule has 0 rings (SSSR count).